The standard InChI is InChI=1S/C11H12BrClFNO/c1-11(2,6-13)15-10(16)7-3-8(12)5-9(14)4-7/h3-5H,6H2,1-2H3,(H,15,16). The Morgan fingerprint density at radius 2 is 2.12 bits per heavy atom. The molecule has 88 valence electrons. The van der Waals surface area contributed by atoms with Gasteiger partial charge in [-0.1, -0.05) is 15.9 Å². The van der Waals surface area contributed by atoms with Crippen LogP contribution in [0.25, 0.3) is 0 Å². The van der Waals surface area contributed by atoms with Gasteiger partial charge in [0.1, 0.15) is 5.82 Å². The summed E-state index contributed by atoms with van der Waals surface area (Å²) in [5, 5.41) is 2.72. The van der Waals surface area contributed by atoms with Crippen molar-refractivity contribution in [2.75, 3.05) is 5.88 Å². The highest BCUT2D eigenvalue weighted by Gasteiger charge is 2.20. The number of halogens is 3. The van der Waals surface area contributed by atoms with Gasteiger partial charge in [-0.25, -0.2) is 4.39 Å². The Balaban J connectivity index is 2.89. The first-order valence-electron chi connectivity index (χ1n) is 4.68. The average molecular weight is 309 g/mol. The summed E-state index contributed by atoms with van der Waals surface area (Å²) >= 11 is 8.82. The minimum atomic E-state index is -0.516. The monoisotopic (exact) mass is 307 g/mol. The van der Waals surface area contributed by atoms with Crippen molar-refractivity contribution in [1.82, 2.24) is 5.32 Å². The molecule has 0 heterocycles. The van der Waals surface area contributed by atoms with Crippen LogP contribution in [0, 0.1) is 5.82 Å². The van der Waals surface area contributed by atoms with Gasteiger partial charge in [0.05, 0.1) is 0 Å². The molecule has 0 atom stereocenters. The zero-order valence-electron chi connectivity index (χ0n) is 8.98. The molecule has 16 heavy (non-hydrogen) atoms. The largest absolute Gasteiger partial charge is 0.346 e. The molecule has 0 saturated heterocycles. The normalized spacial score (nSPS) is 11.3. The molecule has 1 amide bonds. The molecule has 0 fully saturated rings. The van der Waals surface area contributed by atoms with Crippen molar-refractivity contribution < 1.29 is 9.18 Å². The molecule has 0 radical (unpaired) electrons. The number of hydrogen-bond acceptors (Lipinski definition) is 1. The Kier molecular flexibility index (Phi) is 4.33. The fourth-order valence-corrected chi connectivity index (χ4v) is 1.63. The van der Waals surface area contributed by atoms with E-state index in [0.29, 0.717) is 4.47 Å². The van der Waals surface area contributed by atoms with E-state index in [0.717, 1.165) is 0 Å². The molecule has 1 aromatic carbocycles. The zero-order valence-corrected chi connectivity index (χ0v) is 11.3. The van der Waals surface area contributed by atoms with Crippen molar-refractivity contribution in [3.8, 4) is 0 Å². The highest BCUT2D eigenvalue weighted by Crippen LogP contribution is 2.16. The lowest BCUT2D eigenvalue weighted by atomic mass is 10.1. The van der Waals surface area contributed by atoms with Crippen LogP contribution in [-0.4, -0.2) is 17.3 Å². The number of nitrogens with one attached hydrogen (secondary N) is 1. The fourth-order valence-electron chi connectivity index (χ4n) is 1.10. The van der Waals surface area contributed by atoms with Gasteiger partial charge < -0.3 is 5.32 Å². The molecular formula is C11H12BrClFNO. The summed E-state index contributed by atoms with van der Waals surface area (Å²) in [5.74, 6) is -0.510. The molecule has 0 aliphatic rings. The molecule has 0 spiro atoms. The van der Waals surface area contributed by atoms with Crippen molar-refractivity contribution >= 4 is 33.4 Å². The molecule has 0 aliphatic carbocycles. The average Bonchev–Trinajstić information content (AvgIpc) is 2.15. The number of carbonyl (C=O) groups is 1. The molecule has 0 saturated carbocycles. The zero-order chi connectivity index (χ0) is 12.3. The third-order valence-corrected chi connectivity index (χ3v) is 3.04. The summed E-state index contributed by atoms with van der Waals surface area (Å²) in [6, 6.07) is 4.04. The van der Waals surface area contributed by atoms with Crippen LogP contribution in [-0.2, 0) is 0 Å². The van der Waals surface area contributed by atoms with E-state index in [1.807, 2.05) is 0 Å². The van der Waals surface area contributed by atoms with Crippen LogP contribution in [0.4, 0.5) is 4.39 Å². The molecule has 0 unspecified atom stereocenters. The molecule has 5 heteroatoms. The number of hydrogen-bond donors (Lipinski definition) is 1. The third-order valence-electron chi connectivity index (χ3n) is 1.91. The summed E-state index contributed by atoms with van der Waals surface area (Å²) in [5.41, 5.74) is -0.248. The SMILES string of the molecule is CC(C)(CCl)NC(=O)c1cc(F)cc(Br)c1. The smallest absolute Gasteiger partial charge is 0.251 e. The molecule has 1 N–H and O–H groups in total. The second-order valence-corrected chi connectivity index (χ2v) is 5.31. The molecule has 0 bridgehead atoms. The number of carbonyl (C=O) groups excluding carboxylic acids is 1. The molecule has 2 nitrogen and oxygen atoms in total. The van der Waals surface area contributed by atoms with Gasteiger partial charge in [-0.15, -0.1) is 11.6 Å². The number of rotatable bonds is 3. The van der Waals surface area contributed by atoms with Crippen molar-refractivity contribution in [3.05, 3.63) is 34.1 Å². The summed E-state index contributed by atoms with van der Waals surface area (Å²) in [6.45, 7) is 3.60. The van der Waals surface area contributed by atoms with Crippen LogP contribution in [0.3, 0.4) is 0 Å². The van der Waals surface area contributed by atoms with E-state index in [1.165, 1.54) is 12.1 Å². The lowest BCUT2D eigenvalue weighted by molar-refractivity contribution is 0.0920. The molecular weight excluding hydrogens is 296 g/mol. The van der Waals surface area contributed by atoms with Crippen LogP contribution < -0.4 is 5.32 Å². The number of benzene rings is 1. The second-order valence-electron chi connectivity index (χ2n) is 4.13. The van der Waals surface area contributed by atoms with Gasteiger partial charge in [0, 0.05) is 21.5 Å². The van der Waals surface area contributed by atoms with Crippen molar-refractivity contribution in [1.29, 1.82) is 0 Å². The van der Waals surface area contributed by atoms with E-state index >= 15 is 0 Å². The van der Waals surface area contributed by atoms with Crippen LogP contribution in [0.5, 0.6) is 0 Å². The van der Waals surface area contributed by atoms with Crippen molar-refractivity contribution in [2.45, 2.75) is 19.4 Å². The van der Waals surface area contributed by atoms with Gasteiger partial charge >= 0.3 is 0 Å². The van der Waals surface area contributed by atoms with E-state index < -0.39 is 11.4 Å². The van der Waals surface area contributed by atoms with Gasteiger partial charge in [-0.3, -0.25) is 4.79 Å². The maximum absolute atomic E-state index is 13.1. The number of amides is 1. The van der Waals surface area contributed by atoms with Crippen molar-refractivity contribution in [2.24, 2.45) is 0 Å². The second kappa shape index (κ2) is 5.15. The van der Waals surface area contributed by atoms with Gasteiger partial charge in [-0.2, -0.15) is 0 Å². The topological polar surface area (TPSA) is 29.1 Å². The van der Waals surface area contributed by atoms with E-state index in [2.05, 4.69) is 21.2 Å². The highest BCUT2D eigenvalue weighted by atomic mass is 79.9. The minimum absolute atomic E-state index is 0.269. The summed E-state index contributed by atoms with van der Waals surface area (Å²) in [7, 11) is 0. The van der Waals surface area contributed by atoms with Gasteiger partial charge in [0.25, 0.3) is 5.91 Å². The molecule has 1 rings (SSSR count). The maximum Gasteiger partial charge on any atom is 0.251 e. The van der Waals surface area contributed by atoms with E-state index in [9.17, 15) is 9.18 Å². The first-order valence-corrected chi connectivity index (χ1v) is 6.01. The van der Waals surface area contributed by atoms with Crippen molar-refractivity contribution in [3.63, 3.8) is 0 Å². The van der Waals surface area contributed by atoms with Crippen LogP contribution in [0.2, 0.25) is 0 Å². The highest BCUT2D eigenvalue weighted by molar-refractivity contribution is 9.10. The first-order chi connectivity index (χ1) is 7.34. The maximum atomic E-state index is 13.1. The summed E-state index contributed by atoms with van der Waals surface area (Å²) < 4.78 is 13.6. The number of alkyl halides is 1. The quantitative estimate of drug-likeness (QED) is 0.853. The van der Waals surface area contributed by atoms with E-state index in [4.69, 9.17) is 11.6 Å². The van der Waals surface area contributed by atoms with Gasteiger partial charge in [0.15, 0.2) is 0 Å². The molecule has 0 aromatic heterocycles. The Morgan fingerprint density at radius 3 is 2.62 bits per heavy atom. The lowest BCUT2D eigenvalue weighted by Crippen LogP contribution is -2.44. The molecule has 0 aliphatic heterocycles. The summed E-state index contributed by atoms with van der Waals surface area (Å²) in [6.07, 6.45) is 0. The Bertz CT molecular complexity index is 389. The third kappa shape index (κ3) is 3.76. The predicted octanol–water partition coefficient (Wildman–Crippen LogP) is 3.34. The Morgan fingerprint density at radius 1 is 1.50 bits per heavy atom. The van der Waals surface area contributed by atoms with E-state index in [1.54, 1.807) is 19.9 Å². The van der Waals surface area contributed by atoms with Gasteiger partial charge in [-0.05, 0) is 32.0 Å². The first kappa shape index (κ1) is 13.5. The Labute approximate surface area is 107 Å². The molecule has 1 aromatic rings. The van der Waals surface area contributed by atoms with E-state index in [-0.39, 0.29) is 17.4 Å². The fraction of sp³-hybridized carbons (Fsp3) is 0.364. The van der Waals surface area contributed by atoms with Crippen LogP contribution in [0.1, 0.15) is 24.2 Å². The summed E-state index contributed by atoms with van der Waals surface area (Å²) in [4.78, 5) is 11.8. The van der Waals surface area contributed by atoms with Gasteiger partial charge in [0.2, 0.25) is 0 Å². The van der Waals surface area contributed by atoms with Crippen LogP contribution >= 0.6 is 27.5 Å². The minimum Gasteiger partial charge on any atom is -0.346 e. The Hall–Kier alpha value is -0.610. The predicted molar refractivity (Wildman–Crippen MR) is 66.4 cm³/mol. The van der Waals surface area contributed by atoms with Crippen LogP contribution in [0.15, 0.2) is 22.7 Å². The lowest BCUT2D eigenvalue weighted by Gasteiger charge is -2.23.